The van der Waals surface area contributed by atoms with Crippen molar-refractivity contribution in [1.29, 1.82) is 0 Å². The first-order valence-corrected chi connectivity index (χ1v) is 10.1. The second-order valence-corrected chi connectivity index (χ2v) is 8.65. The number of aromatic amines is 1. The lowest BCUT2D eigenvalue weighted by Gasteiger charge is -2.21. The lowest BCUT2D eigenvalue weighted by Crippen LogP contribution is -2.39. The van der Waals surface area contributed by atoms with Gasteiger partial charge in [0.1, 0.15) is 5.82 Å². The van der Waals surface area contributed by atoms with E-state index in [4.69, 9.17) is 5.73 Å². The van der Waals surface area contributed by atoms with Crippen molar-refractivity contribution in [1.82, 2.24) is 9.55 Å². The van der Waals surface area contributed by atoms with Crippen molar-refractivity contribution in [3.8, 4) is 0 Å². The molecule has 1 aliphatic rings. The summed E-state index contributed by atoms with van der Waals surface area (Å²) < 4.78 is 24.3. The van der Waals surface area contributed by atoms with Crippen molar-refractivity contribution < 1.29 is 13.2 Å². The van der Waals surface area contributed by atoms with Crippen LogP contribution < -0.4 is 21.9 Å². The van der Waals surface area contributed by atoms with Gasteiger partial charge < -0.3 is 10.6 Å². The van der Waals surface area contributed by atoms with Gasteiger partial charge in [-0.3, -0.25) is 19.1 Å². The summed E-state index contributed by atoms with van der Waals surface area (Å²) in [5.74, 6) is -0.656. The van der Waals surface area contributed by atoms with E-state index < -0.39 is 27.0 Å². The molecule has 9 nitrogen and oxygen atoms in total. The van der Waals surface area contributed by atoms with Gasteiger partial charge in [-0.25, -0.2) is 13.2 Å². The molecular weight excluding hydrogens is 348 g/mol. The van der Waals surface area contributed by atoms with Crippen LogP contribution in [0.15, 0.2) is 9.59 Å². The fourth-order valence-electron chi connectivity index (χ4n) is 2.98. The van der Waals surface area contributed by atoms with Crippen LogP contribution in [0.1, 0.15) is 32.6 Å². The fraction of sp³-hybridized carbons (Fsp3) is 0.667. The van der Waals surface area contributed by atoms with Crippen molar-refractivity contribution >= 4 is 27.2 Å². The molecule has 1 aromatic rings. The van der Waals surface area contributed by atoms with E-state index in [0.717, 1.165) is 11.3 Å². The molecule has 3 N–H and O–H groups in total. The maximum atomic E-state index is 12.5. The summed E-state index contributed by atoms with van der Waals surface area (Å²) in [6, 6.07) is 0. The van der Waals surface area contributed by atoms with Gasteiger partial charge in [0.05, 0.1) is 11.5 Å². The Balaban J connectivity index is 2.26. The van der Waals surface area contributed by atoms with Gasteiger partial charge in [-0.15, -0.1) is 0 Å². The minimum absolute atomic E-state index is 0.0166. The average Bonchev–Trinajstić information content (AvgIpc) is 2.85. The number of rotatable bonds is 6. The number of aromatic nitrogens is 2. The third kappa shape index (κ3) is 4.30. The normalized spacial score (nSPS) is 19.0. The maximum absolute atomic E-state index is 12.5. The highest BCUT2D eigenvalue weighted by Gasteiger charge is 2.31. The number of nitrogen functional groups attached to an aromatic ring is 1. The van der Waals surface area contributed by atoms with Gasteiger partial charge in [-0.05, 0) is 18.8 Å². The van der Waals surface area contributed by atoms with Gasteiger partial charge in [0.2, 0.25) is 5.91 Å². The highest BCUT2D eigenvalue weighted by molar-refractivity contribution is 7.91. The Morgan fingerprint density at radius 2 is 2.08 bits per heavy atom. The molecule has 10 heteroatoms. The molecule has 0 spiro atoms. The zero-order chi connectivity index (χ0) is 18.8. The Kier molecular flexibility index (Phi) is 5.71. The molecule has 1 amide bonds. The summed E-state index contributed by atoms with van der Waals surface area (Å²) in [5.41, 5.74) is 4.55. The summed E-state index contributed by atoms with van der Waals surface area (Å²) >= 11 is 0. The van der Waals surface area contributed by atoms with E-state index in [1.807, 2.05) is 6.92 Å². The molecule has 0 aliphatic carbocycles. The third-order valence-corrected chi connectivity index (χ3v) is 6.29. The Morgan fingerprint density at radius 3 is 2.64 bits per heavy atom. The van der Waals surface area contributed by atoms with Crippen molar-refractivity contribution in [3.63, 3.8) is 0 Å². The van der Waals surface area contributed by atoms with Crippen LogP contribution in [0.4, 0.5) is 11.5 Å². The highest BCUT2D eigenvalue weighted by atomic mass is 32.2. The minimum Gasteiger partial charge on any atom is -0.383 e. The summed E-state index contributed by atoms with van der Waals surface area (Å²) in [5, 5.41) is 0. The summed E-state index contributed by atoms with van der Waals surface area (Å²) in [6.45, 7) is 2.30. The number of anilines is 2. The summed E-state index contributed by atoms with van der Waals surface area (Å²) in [7, 11) is -1.68. The summed E-state index contributed by atoms with van der Waals surface area (Å²) in [6.07, 6.45) is 1.99. The predicted octanol–water partition coefficient (Wildman–Crippen LogP) is -0.293. The topological polar surface area (TPSA) is 135 Å². The van der Waals surface area contributed by atoms with E-state index in [1.54, 1.807) is 0 Å². The van der Waals surface area contributed by atoms with E-state index in [9.17, 15) is 22.8 Å². The number of carbonyl (C=O) groups excluding carboxylic acids is 1. The van der Waals surface area contributed by atoms with Crippen molar-refractivity contribution in [2.75, 3.05) is 29.2 Å². The minimum atomic E-state index is -3.08. The van der Waals surface area contributed by atoms with Crippen molar-refractivity contribution in [2.24, 2.45) is 5.92 Å². The predicted molar refractivity (Wildman–Crippen MR) is 95.4 cm³/mol. The van der Waals surface area contributed by atoms with Gasteiger partial charge in [-0.1, -0.05) is 13.3 Å². The standard InChI is InChI=1S/C15H24N4O5S/c1-3-4-6-19-13(16)12(14(21)17-15(19)22)18(2)11(20)8-10-5-7-25(23,24)9-10/h10H,3-9,16H2,1-2H3,(H,17,21,22)/t10-/m0/s1. The maximum Gasteiger partial charge on any atom is 0.330 e. The molecule has 140 valence electrons. The molecule has 0 bridgehead atoms. The molecule has 2 rings (SSSR count). The van der Waals surface area contributed by atoms with Crippen LogP contribution in [-0.2, 0) is 21.2 Å². The van der Waals surface area contributed by atoms with Gasteiger partial charge in [-0.2, -0.15) is 0 Å². The molecule has 1 saturated heterocycles. The van der Waals surface area contributed by atoms with Crippen LogP contribution in [0.25, 0.3) is 0 Å². The van der Waals surface area contributed by atoms with Crippen LogP contribution in [0.3, 0.4) is 0 Å². The lowest BCUT2D eigenvalue weighted by molar-refractivity contribution is -0.119. The molecule has 1 atom stereocenters. The molecule has 1 aromatic heterocycles. The first-order valence-electron chi connectivity index (χ1n) is 8.26. The fourth-order valence-corrected chi connectivity index (χ4v) is 4.84. The van der Waals surface area contributed by atoms with Crippen LogP contribution in [-0.4, -0.2) is 42.4 Å². The van der Waals surface area contributed by atoms with Crippen LogP contribution >= 0.6 is 0 Å². The Morgan fingerprint density at radius 1 is 1.40 bits per heavy atom. The second-order valence-electron chi connectivity index (χ2n) is 6.42. The smallest absolute Gasteiger partial charge is 0.330 e. The van der Waals surface area contributed by atoms with Crippen LogP contribution in [0, 0.1) is 5.92 Å². The molecule has 1 aliphatic heterocycles. The lowest BCUT2D eigenvalue weighted by atomic mass is 10.0. The molecular formula is C15H24N4O5S. The van der Waals surface area contributed by atoms with Gasteiger partial charge in [0, 0.05) is 20.0 Å². The number of hydrogen-bond donors (Lipinski definition) is 2. The second kappa shape index (κ2) is 7.42. The van der Waals surface area contributed by atoms with E-state index in [-0.39, 0.29) is 35.3 Å². The number of nitrogens with zero attached hydrogens (tertiary/aromatic N) is 2. The van der Waals surface area contributed by atoms with Crippen LogP contribution in [0.5, 0.6) is 0 Å². The zero-order valence-electron chi connectivity index (χ0n) is 14.4. The number of sulfone groups is 1. The molecule has 0 radical (unpaired) electrons. The third-order valence-electron chi connectivity index (χ3n) is 4.45. The van der Waals surface area contributed by atoms with Gasteiger partial charge >= 0.3 is 5.69 Å². The zero-order valence-corrected chi connectivity index (χ0v) is 15.3. The van der Waals surface area contributed by atoms with Crippen LogP contribution in [0.2, 0.25) is 0 Å². The number of unbranched alkanes of at least 4 members (excludes halogenated alkanes) is 1. The number of amides is 1. The highest BCUT2D eigenvalue weighted by Crippen LogP contribution is 2.24. The Hall–Kier alpha value is -2.10. The summed E-state index contributed by atoms with van der Waals surface area (Å²) in [4.78, 5) is 39.8. The quantitative estimate of drug-likeness (QED) is 0.704. The van der Waals surface area contributed by atoms with Gasteiger partial charge in [0.25, 0.3) is 5.56 Å². The Bertz CT molecular complexity index is 871. The average molecular weight is 372 g/mol. The molecule has 25 heavy (non-hydrogen) atoms. The molecule has 0 saturated carbocycles. The number of H-pyrrole nitrogens is 1. The largest absolute Gasteiger partial charge is 0.383 e. The van der Waals surface area contributed by atoms with E-state index in [2.05, 4.69) is 4.98 Å². The SMILES string of the molecule is CCCCn1c(N)c(N(C)C(=O)C[C@@H]2CCS(=O)(=O)C2)c(=O)[nH]c1=O. The number of carbonyl (C=O) groups is 1. The first kappa shape index (κ1) is 19.2. The number of hydrogen-bond acceptors (Lipinski definition) is 6. The van der Waals surface area contributed by atoms with Crippen molar-refractivity contribution in [3.05, 3.63) is 20.8 Å². The van der Waals surface area contributed by atoms with E-state index in [1.165, 1.54) is 11.6 Å². The Labute approximate surface area is 145 Å². The van der Waals surface area contributed by atoms with E-state index in [0.29, 0.717) is 19.4 Å². The monoisotopic (exact) mass is 372 g/mol. The molecule has 0 unspecified atom stereocenters. The number of nitrogens with two attached hydrogens (primary N) is 1. The molecule has 0 aromatic carbocycles. The first-order chi connectivity index (χ1) is 11.7. The van der Waals surface area contributed by atoms with E-state index >= 15 is 0 Å². The molecule has 2 heterocycles. The van der Waals surface area contributed by atoms with Gasteiger partial charge in [0.15, 0.2) is 15.5 Å². The molecule has 1 fully saturated rings. The van der Waals surface area contributed by atoms with Crippen molar-refractivity contribution in [2.45, 2.75) is 39.2 Å². The number of nitrogens with one attached hydrogen (secondary N) is 1.